The maximum atomic E-state index is 12.9. The minimum absolute atomic E-state index is 0. The third kappa shape index (κ3) is 4.29. The lowest BCUT2D eigenvalue weighted by atomic mass is 10.1. The van der Waals surface area contributed by atoms with Gasteiger partial charge in [0.1, 0.15) is 6.04 Å². The lowest BCUT2D eigenvalue weighted by Gasteiger charge is -2.31. The first-order valence-electron chi connectivity index (χ1n) is 8.01. The van der Waals surface area contributed by atoms with E-state index in [1.165, 1.54) is 4.31 Å². The average molecular weight is 419 g/mol. The zero-order chi connectivity index (χ0) is 18.0. The van der Waals surface area contributed by atoms with Crippen molar-refractivity contribution >= 4 is 50.8 Å². The van der Waals surface area contributed by atoms with Crippen molar-refractivity contribution in [3.05, 3.63) is 41.4 Å². The molecule has 142 valence electrons. The van der Waals surface area contributed by atoms with Crippen LogP contribution in [0.4, 0.5) is 0 Å². The number of hydrogen-bond donors (Lipinski definition) is 1. The van der Waals surface area contributed by atoms with Crippen molar-refractivity contribution in [2.24, 2.45) is 0 Å². The Morgan fingerprint density at radius 1 is 1.27 bits per heavy atom. The number of carbonyl (C=O) groups excluding carboxylic acids is 1. The first-order valence-corrected chi connectivity index (χ1v) is 9.83. The summed E-state index contributed by atoms with van der Waals surface area (Å²) in [6.07, 6.45) is 0. The van der Waals surface area contributed by atoms with E-state index in [-0.39, 0.29) is 30.5 Å². The van der Waals surface area contributed by atoms with Crippen LogP contribution in [0.25, 0.3) is 10.8 Å². The van der Waals surface area contributed by atoms with E-state index in [9.17, 15) is 13.2 Å². The summed E-state index contributed by atoms with van der Waals surface area (Å²) in [7, 11) is -3.69. The molecular weight excluding hydrogens is 399 g/mol. The number of fused-ring (bicyclic) bond motifs is 1. The highest BCUT2D eigenvalue weighted by atomic mass is 35.5. The molecule has 0 amide bonds. The summed E-state index contributed by atoms with van der Waals surface area (Å²) in [4.78, 5) is 12.1. The number of nitrogens with zero attached hydrogens (tertiary/aromatic N) is 1. The molecule has 1 N–H and O–H groups in total. The van der Waals surface area contributed by atoms with Crippen LogP contribution in [0.15, 0.2) is 41.3 Å². The van der Waals surface area contributed by atoms with Crippen molar-refractivity contribution in [2.45, 2.75) is 17.9 Å². The quantitative estimate of drug-likeness (QED) is 0.771. The largest absolute Gasteiger partial charge is 0.465 e. The minimum Gasteiger partial charge on any atom is -0.465 e. The van der Waals surface area contributed by atoms with Crippen LogP contribution < -0.4 is 5.32 Å². The third-order valence-electron chi connectivity index (χ3n) is 4.12. The van der Waals surface area contributed by atoms with Crippen LogP contribution >= 0.6 is 24.0 Å². The Kier molecular flexibility index (Phi) is 6.87. The predicted octanol–water partition coefficient (Wildman–Crippen LogP) is 2.44. The number of carbonyl (C=O) groups is 1. The van der Waals surface area contributed by atoms with E-state index in [1.807, 2.05) is 0 Å². The highest BCUT2D eigenvalue weighted by Gasteiger charge is 2.33. The van der Waals surface area contributed by atoms with Gasteiger partial charge < -0.3 is 10.1 Å². The summed E-state index contributed by atoms with van der Waals surface area (Å²) in [5.41, 5.74) is 0. The number of esters is 1. The van der Waals surface area contributed by atoms with Crippen molar-refractivity contribution in [2.75, 3.05) is 26.2 Å². The minimum atomic E-state index is -3.69. The standard InChI is InChI=1S/C17H19ClN2O4S.ClH/c1-2-24-17(21)16-11-20(8-7-19-16)25(22,23)15-6-4-12-9-14(18)5-3-13(12)10-15;/h3-6,9-10,16,19H,2,7-8,11H2,1H3;1H. The molecule has 1 saturated heterocycles. The second-order valence-corrected chi connectivity index (χ2v) is 8.15. The van der Waals surface area contributed by atoms with Gasteiger partial charge in [-0.25, -0.2) is 8.42 Å². The van der Waals surface area contributed by atoms with Gasteiger partial charge in [0, 0.05) is 24.7 Å². The summed E-state index contributed by atoms with van der Waals surface area (Å²) < 4.78 is 32.2. The molecule has 1 atom stereocenters. The van der Waals surface area contributed by atoms with Gasteiger partial charge in [0.25, 0.3) is 0 Å². The maximum absolute atomic E-state index is 12.9. The summed E-state index contributed by atoms with van der Waals surface area (Å²) in [5.74, 6) is -0.435. The van der Waals surface area contributed by atoms with Crippen LogP contribution in [0.3, 0.4) is 0 Å². The summed E-state index contributed by atoms with van der Waals surface area (Å²) in [6.45, 7) is 2.73. The molecule has 0 radical (unpaired) electrons. The molecule has 2 aromatic carbocycles. The van der Waals surface area contributed by atoms with E-state index in [1.54, 1.807) is 43.3 Å². The van der Waals surface area contributed by atoms with Crippen molar-refractivity contribution in [3.8, 4) is 0 Å². The number of piperazine rings is 1. The molecule has 1 fully saturated rings. The monoisotopic (exact) mass is 418 g/mol. The maximum Gasteiger partial charge on any atom is 0.324 e. The van der Waals surface area contributed by atoms with E-state index in [4.69, 9.17) is 16.3 Å². The Bertz CT molecular complexity index is 905. The zero-order valence-electron chi connectivity index (χ0n) is 14.1. The Hall–Kier alpha value is -1.38. The van der Waals surface area contributed by atoms with Crippen LogP contribution in [0.1, 0.15) is 6.92 Å². The molecule has 26 heavy (non-hydrogen) atoms. The van der Waals surface area contributed by atoms with Crippen molar-refractivity contribution < 1.29 is 17.9 Å². The van der Waals surface area contributed by atoms with Crippen LogP contribution in [-0.4, -0.2) is 51.0 Å². The van der Waals surface area contributed by atoms with Crippen molar-refractivity contribution in [1.29, 1.82) is 0 Å². The molecule has 3 rings (SSSR count). The Balaban J connectivity index is 0.00000243. The molecule has 1 heterocycles. The van der Waals surface area contributed by atoms with Gasteiger partial charge in [-0.05, 0) is 42.0 Å². The molecular formula is C17H20Cl2N2O4S. The van der Waals surface area contributed by atoms with Gasteiger partial charge in [-0.15, -0.1) is 12.4 Å². The first-order chi connectivity index (χ1) is 11.9. The fraction of sp³-hybridized carbons (Fsp3) is 0.353. The van der Waals surface area contributed by atoms with Crippen molar-refractivity contribution in [1.82, 2.24) is 9.62 Å². The number of ether oxygens (including phenoxy) is 1. The van der Waals surface area contributed by atoms with Gasteiger partial charge in [-0.3, -0.25) is 4.79 Å². The average Bonchev–Trinajstić information content (AvgIpc) is 2.61. The van der Waals surface area contributed by atoms with Gasteiger partial charge in [0.05, 0.1) is 11.5 Å². The zero-order valence-corrected chi connectivity index (χ0v) is 16.5. The lowest BCUT2D eigenvalue weighted by Crippen LogP contribution is -2.56. The number of halogens is 2. The molecule has 1 aliphatic heterocycles. The van der Waals surface area contributed by atoms with Gasteiger partial charge in [0.2, 0.25) is 10.0 Å². The second-order valence-electron chi connectivity index (χ2n) is 5.78. The predicted molar refractivity (Wildman–Crippen MR) is 103 cm³/mol. The molecule has 0 saturated carbocycles. The smallest absolute Gasteiger partial charge is 0.324 e. The highest BCUT2D eigenvalue weighted by Crippen LogP contribution is 2.25. The van der Waals surface area contributed by atoms with Gasteiger partial charge in [-0.2, -0.15) is 4.31 Å². The SMILES string of the molecule is CCOC(=O)C1CN(S(=O)(=O)c2ccc3cc(Cl)ccc3c2)CCN1.Cl. The fourth-order valence-corrected chi connectivity index (χ4v) is 4.52. The molecule has 2 aromatic rings. The molecule has 0 bridgehead atoms. The summed E-state index contributed by atoms with van der Waals surface area (Å²) in [5, 5.41) is 5.26. The van der Waals surface area contributed by atoms with Crippen LogP contribution in [0.2, 0.25) is 5.02 Å². The summed E-state index contributed by atoms with van der Waals surface area (Å²) >= 11 is 5.96. The molecule has 0 aliphatic carbocycles. The number of hydrogen-bond acceptors (Lipinski definition) is 5. The van der Waals surface area contributed by atoms with E-state index >= 15 is 0 Å². The van der Waals surface area contributed by atoms with E-state index < -0.39 is 22.0 Å². The summed E-state index contributed by atoms with van der Waals surface area (Å²) in [6, 6.07) is 9.58. The van der Waals surface area contributed by atoms with Gasteiger partial charge in [-0.1, -0.05) is 23.7 Å². The fourth-order valence-electron chi connectivity index (χ4n) is 2.85. The van der Waals surface area contributed by atoms with Gasteiger partial charge >= 0.3 is 5.97 Å². The Morgan fingerprint density at radius 3 is 2.69 bits per heavy atom. The van der Waals surface area contributed by atoms with Gasteiger partial charge in [0.15, 0.2) is 0 Å². The molecule has 1 aliphatic rings. The second kappa shape index (κ2) is 8.54. The molecule has 1 unspecified atom stereocenters. The van der Waals surface area contributed by atoms with E-state index in [2.05, 4.69) is 5.32 Å². The number of nitrogens with one attached hydrogen (secondary N) is 1. The Labute approximate surface area is 163 Å². The normalized spacial score (nSPS) is 18.3. The number of benzene rings is 2. The van der Waals surface area contributed by atoms with Crippen LogP contribution in [-0.2, 0) is 19.6 Å². The lowest BCUT2D eigenvalue weighted by molar-refractivity contribution is -0.146. The third-order valence-corrected chi connectivity index (χ3v) is 6.22. The topological polar surface area (TPSA) is 75.7 Å². The molecule has 9 heteroatoms. The number of rotatable bonds is 4. The van der Waals surface area contributed by atoms with E-state index in [0.29, 0.717) is 18.1 Å². The van der Waals surface area contributed by atoms with Crippen LogP contribution in [0.5, 0.6) is 0 Å². The Morgan fingerprint density at radius 2 is 1.96 bits per heavy atom. The van der Waals surface area contributed by atoms with E-state index in [0.717, 1.165) is 10.8 Å². The number of sulfonamides is 1. The molecule has 0 spiro atoms. The first kappa shape index (κ1) is 20.9. The van der Waals surface area contributed by atoms with Crippen LogP contribution in [0, 0.1) is 0 Å². The van der Waals surface area contributed by atoms with Crippen molar-refractivity contribution in [3.63, 3.8) is 0 Å². The highest BCUT2D eigenvalue weighted by molar-refractivity contribution is 7.89. The molecule has 0 aromatic heterocycles. The molecule has 6 nitrogen and oxygen atoms in total.